The Bertz CT molecular complexity index is 534. The van der Waals surface area contributed by atoms with E-state index in [1.807, 2.05) is 0 Å². The number of hydrogen-bond donors (Lipinski definition) is 1. The smallest absolute Gasteiger partial charge is 0.128 e. The van der Waals surface area contributed by atoms with Gasteiger partial charge in [-0.2, -0.15) is 0 Å². The van der Waals surface area contributed by atoms with Crippen molar-refractivity contribution in [2.45, 2.75) is 13.0 Å². The Hall–Kier alpha value is -1.97. The zero-order valence-electron chi connectivity index (χ0n) is 9.75. The van der Waals surface area contributed by atoms with Gasteiger partial charge in [0.25, 0.3) is 0 Å². The van der Waals surface area contributed by atoms with Crippen LogP contribution in [0.25, 0.3) is 0 Å². The number of nitrogens with one attached hydrogen (secondary N) is 1. The minimum Gasteiger partial charge on any atom is -0.378 e. The lowest BCUT2D eigenvalue weighted by atomic mass is 10.1. The molecule has 2 rings (SSSR count). The van der Waals surface area contributed by atoms with E-state index in [9.17, 15) is 13.2 Å². The summed E-state index contributed by atoms with van der Waals surface area (Å²) in [6, 6.07) is 9.02. The maximum atomic E-state index is 13.5. The Morgan fingerprint density at radius 1 is 0.944 bits per heavy atom. The highest BCUT2D eigenvalue weighted by atomic mass is 19.1. The molecule has 1 unspecified atom stereocenters. The summed E-state index contributed by atoms with van der Waals surface area (Å²) >= 11 is 0. The second kappa shape index (κ2) is 5.12. The second-order valence-corrected chi connectivity index (χ2v) is 4.05. The van der Waals surface area contributed by atoms with E-state index in [4.69, 9.17) is 0 Å². The number of hydrogen-bond acceptors (Lipinski definition) is 1. The van der Waals surface area contributed by atoms with Gasteiger partial charge in [-0.05, 0) is 25.1 Å². The molecule has 0 aliphatic rings. The highest BCUT2D eigenvalue weighted by Crippen LogP contribution is 2.22. The van der Waals surface area contributed by atoms with Crippen LogP contribution in [0.3, 0.4) is 0 Å². The minimum atomic E-state index is -0.668. The Morgan fingerprint density at radius 3 is 2.17 bits per heavy atom. The molecule has 4 heteroatoms. The predicted octanol–water partition coefficient (Wildman–Crippen LogP) is 4.28. The van der Waals surface area contributed by atoms with E-state index >= 15 is 0 Å². The summed E-state index contributed by atoms with van der Waals surface area (Å²) in [6.07, 6.45) is 0. The Morgan fingerprint density at radius 2 is 1.56 bits per heavy atom. The Labute approximate surface area is 103 Å². The van der Waals surface area contributed by atoms with Crippen LogP contribution in [0, 0.1) is 17.5 Å². The molecule has 0 spiro atoms. The predicted molar refractivity (Wildman–Crippen MR) is 64.8 cm³/mol. The lowest BCUT2D eigenvalue weighted by Gasteiger charge is -2.16. The average Bonchev–Trinajstić information content (AvgIpc) is 2.27. The van der Waals surface area contributed by atoms with Crippen molar-refractivity contribution in [3.05, 3.63) is 65.5 Å². The molecular weight excluding hydrogens is 239 g/mol. The molecule has 0 bridgehead atoms. The largest absolute Gasteiger partial charge is 0.378 e. The van der Waals surface area contributed by atoms with Crippen molar-refractivity contribution in [2.24, 2.45) is 0 Å². The fourth-order valence-corrected chi connectivity index (χ4v) is 1.79. The summed E-state index contributed by atoms with van der Waals surface area (Å²) in [5.41, 5.74) is 0.727. The van der Waals surface area contributed by atoms with E-state index in [-0.39, 0.29) is 17.5 Å². The summed E-state index contributed by atoms with van der Waals surface area (Å²) in [7, 11) is 0. The van der Waals surface area contributed by atoms with Gasteiger partial charge in [0.2, 0.25) is 0 Å². The molecule has 2 aromatic rings. The molecule has 94 valence electrons. The van der Waals surface area contributed by atoms with Gasteiger partial charge in [0.1, 0.15) is 17.5 Å². The summed E-state index contributed by atoms with van der Waals surface area (Å²) in [6.45, 7) is 1.72. The molecule has 18 heavy (non-hydrogen) atoms. The molecule has 0 aliphatic heterocycles. The molecule has 0 aliphatic carbocycles. The van der Waals surface area contributed by atoms with Gasteiger partial charge in [-0.3, -0.25) is 0 Å². The van der Waals surface area contributed by atoms with Crippen LogP contribution in [0.4, 0.5) is 18.9 Å². The van der Waals surface area contributed by atoms with Gasteiger partial charge in [0, 0.05) is 17.3 Å². The summed E-state index contributed by atoms with van der Waals surface area (Å²) < 4.78 is 39.5. The molecule has 1 atom stereocenters. The first-order valence-corrected chi connectivity index (χ1v) is 5.53. The van der Waals surface area contributed by atoms with Crippen molar-refractivity contribution in [1.82, 2.24) is 0 Å². The molecule has 1 nitrogen and oxygen atoms in total. The summed E-state index contributed by atoms with van der Waals surface area (Å²) in [4.78, 5) is 0. The maximum Gasteiger partial charge on any atom is 0.128 e. The van der Waals surface area contributed by atoms with Crippen molar-refractivity contribution in [3.8, 4) is 0 Å². The van der Waals surface area contributed by atoms with Crippen molar-refractivity contribution >= 4 is 5.69 Å². The zero-order chi connectivity index (χ0) is 13.1. The topological polar surface area (TPSA) is 12.0 Å². The summed E-state index contributed by atoms with van der Waals surface area (Å²) in [5, 5.41) is 2.86. The molecular formula is C14H12F3N. The molecule has 2 aromatic carbocycles. The normalized spacial score (nSPS) is 12.2. The average molecular weight is 251 g/mol. The monoisotopic (exact) mass is 251 g/mol. The van der Waals surface area contributed by atoms with Crippen LogP contribution in [0.2, 0.25) is 0 Å². The zero-order valence-corrected chi connectivity index (χ0v) is 9.75. The van der Waals surface area contributed by atoms with Gasteiger partial charge >= 0.3 is 0 Å². The number of benzene rings is 2. The molecule has 0 fully saturated rings. The highest BCUT2D eigenvalue weighted by Gasteiger charge is 2.10. The van der Waals surface area contributed by atoms with Gasteiger partial charge in [0.05, 0.1) is 6.04 Å². The van der Waals surface area contributed by atoms with E-state index in [1.54, 1.807) is 25.1 Å². The first-order valence-electron chi connectivity index (χ1n) is 5.53. The first-order chi connectivity index (χ1) is 8.56. The third-order valence-corrected chi connectivity index (χ3v) is 2.62. The van der Waals surface area contributed by atoms with E-state index in [2.05, 4.69) is 5.32 Å². The van der Waals surface area contributed by atoms with Crippen molar-refractivity contribution in [3.63, 3.8) is 0 Å². The number of halogens is 3. The molecule has 0 radical (unpaired) electrons. The summed E-state index contributed by atoms with van der Waals surface area (Å²) in [5.74, 6) is -1.69. The number of rotatable bonds is 3. The standard InChI is InChI=1S/C14H12F3N/c1-9(13-4-2-3-5-14(13)17)18-12-7-10(15)6-11(16)8-12/h2-9,18H,1H3. The minimum absolute atomic E-state index is 0.281. The van der Waals surface area contributed by atoms with Crippen LogP contribution >= 0.6 is 0 Å². The van der Waals surface area contributed by atoms with Crippen LogP contribution in [0.15, 0.2) is 42.5 Å². The van der Waals surface area contributed by atoms with Gasteiger partial charge in [-0.25, -0.2) is 13.2 Å². The van der Waals surface area contributed by atoms with Crippen molar-refractivity contribution in [1.29, 1.82) is 0 Å². The Kier molecular flexibility index (Phi) is 3.55. The van der Waals surface area contributed by atoms with Crippen LogP contribution in [-0.2, 0) is 0 Å². The highest BCUT2D eigenvalue weighted by molar-refractivity contribution is 5.46. The van der Waals surface area contributed by atoms with Crippen molar-refractivity contribution in [2.75, 3.05) is 5.32 Å². The molecule has 0 aromatic heterocycles. The van der Waals surface area contributed by atoms with Crippen LogP contribution < -0.4 is 5.32 Å². The van der Waals surface area contributed by atoms with Gasteiger partial charge in [-0.1, -0.05) is 18.2 Å². The van der Waals surface area contributed by atoms with Gasteiger partial charge in [-0.15, -0.1) is 0 Å². The first kappa shape index (κ1) is 12.5. The molecule has 0 saturated heterocycles. The second-order valence-electron chi connectivity index (χ2n) is 4.05. The molecule has 1 N–H and O–H groups in total. The Balaban J connectivity index is 2.21. The fourth-order valence-electron chi connectivity index (χ4n) is 1.79. The van der Waals surface area contributed by atoms with Gasteiger partial charge < -0.3 is 5.32 Å². The molecule has 0 heterocycles. The lowest BCUT2D eigenvalue weighted by molar-refractivity contribution is 0.582. The van der Waals surface area contributed by atoms with Crippen LogP contribution in [0.5, 0.6) is 0 Å². The number of anilines is 1. The third kappa shape index (κ3) is 2.83. The third-order valence-electron chi connectivity index (χ3n) is 2.62. The molecule has 0 amide bonds. The van der Waals surface area contributed by atoms with E-state index < -0.39 is 11.6 Å². The fraction of sp³-hybridized carbons (Fsp3) is 0.143. The van der Waals surface area contributed by atoms with E-state index in [0.29, 0.717) is 5.56 Å². The van der Waals surface area contributed by atoms with E-state index in [1.165, 1.54) is 18.2 Å². The molecule has 0 saturated carbocycles. The quantitative estimate of drug-likeness (QED) is 0.858. The van der Waals surface area contributed by atoms with Gasteiger partial charge in [0.15, 0.2) is 0 Å². The van der Waals surface area contributed by atoms with Crippen LogP contribution in [-0.4, -0.2) is 0 Å². The van der Waals surface area contributed by atoms with E-state index in [0.717, 1.165) is 6.07 Å². The maximum absolute atomic E-state index is 13.5. The SMILES string of the molecule is CC(Nc1cc(F)cc(F)c1)c1ccccc1F. The van der Waals surface area contributed by atoms with Crippen LogP contribution in [0.1, 0.15) is 18.5 Å². The van der Waals surface area contributed by atoms with Crippen molar-refractivity contribution < 1.29 is 13.2 Å². The lowest BCUT2D eigenvalue weighted by Crippen LogP contribution is -2.08.